The summed E-state index contributed by atoms with van der Waals surface area (Å²) in [7, 11) is 0. The van der Waals surface area contributed by atoms with Crippen LogP contribution in [0.25, 0.3) is 10.9 Å². The van der Waals surface area contributed by atoms with Gasteiger partial charge in [-0.05, 0) is 31.4 Å². The van der Waals surface area contributed by atoms with Crippen molar-refractivity contribution >= 4 is 10.9 Å². The summed E-state index contributed by atoms with van der Waals surface area (Å²) in [5, 5.41) is 10.8. The maximum atomic E-state index is 9.78. The second kappa shape index (κ2) is 4.34. The van der Waals surface area contributed by atoms with Gasteiger partial charge in [0.25, 0.3) is 0 Å². The molecule has 1 aliphatic rings. The molecule has 17 heavy (non-hydrogen) atoms. The molecule has 3 nitrogen and oxygen atoms in total. The summed E-state index contributed by atoms with van der Waals surface area (Å²) in [5.41, 5.74) is 0.870. The fourth-order valence-electron chi connectivity index (χ4n) is 2.38. The van der Waals surface area contributed by atoms with Crippen LogP contribution in [0.1, 0.15) is 19.3 Å². The van der Waals surface area contributed by atoms with Crippen molar-refractivity contribution < 1.29 is 9.84 Å². The average Bonchev–Trinajstić information content (AvgIpc) is 2.76. The summed E-state index contributed by atoms with van der Waals surface area (Å²) in [5.74, 6) is 0.772. The van der Waals surface area contributed by atoms with E-state index < -0.39 is 0 Å². The second-order valence-electron chi connectivity index (χ2n) is 4.49. The number of para-hydroxylation sites is 1. The number of aliphatic hydroxyl groups excluding tert-OH is 1. The molecule has 2 unspecified atom stereocenters. The van der Waals surface area contributed by atoms with Gasteiger partial charge in [-0.3, -0.25) is 4.98 Å². The Balaban J connectivity index is 1.94. The zero-order chi connectivity index (χ0) is 11.7. The summed E-state index contributed by atoms with van der Waals surface area (Å²) in [6.07, 6.45) is 4.13. The number of aromatic nitrogens is 1. The molecule has 3 rings (SSSR count). The molecular weight excluding hydrogens is 214 g/mol. The van der Waals surface area contributed by atoms with Crippen LogP contribution in [0, 0.1) is 0 Å². The number of rotatable bonds is 2. The molecule has 0 radical (unpaired) electrons. The highest BCUT2D eigenvalue weighted by Crippen LogP contribution is 2.28. The Hall–Kier alpha value is -1.61. The van der Waals surface area contributed by atoms with Gasteiger partial charge in [0.05, 0.1) is 6.10 Å². The predicted octanol–water partition coefficient (Wildman–Crippen LogP) is 2.53. The van der Waals surface area contributed by atoms with Crippen LogP contribution >= 0.6 is 0 Å². The van der Waals surface area contributed by atoms with E-state index in [1.807, 2.05) is 30.3 Å². The third-order valence-electron chi connectivity index (χ3n) is 3.29. The van der Waals surface area contributed by atoms with Gasteiger partial charge in [-0.15, -0.1) is 0 Å². The smallest absolute Gasteiger partial charge is 0.146 e. The number of pyridine rings is 1. The number of nitrogens with zero attached hydrogens (tertiary/aromatic N) is 1. The van der Waals surface area contributed by atoms with Gasteiger partial charge in [0.15, 0.2) is 0 Å². The molecule has 0 aliphatic heterocycles. The Labute approximate surface area is 100 Å². The lowest BCUT2D eigenvalue weighted by Gasteiger charge is -2.17. The Morgan fingerprint density at radius 1 is 1.18 bits per heavy atom. The Morgan fingerprint density at radius 2 is 2.06 bits per heavy atom. The minimum atomic E-state index is -0.339. The van der Waals surface area contributed by atoms with Gasteiger partial charge >= 0.3 is 0 Å². The molecule has 0 amide bonds. The fourth-order valence-corrected chi connectivity index (χ4v) is 2.38. The lowest BCUT2D eigenvalue weighted by molar-refractivity contribution is 0.0613. The van der Waals surface area contributed by atoms with Gasteiger partial charge in [-0.2, -0.15) is 0 Å². The van der Waals surface area contributed by atoms with Crippen molar-refractivity contribution in [3.63, 3.8) is 0 Å². The van der Waals surface area contributed by atoms with E-state index in [0.29, 0.717) is 0 Å². The maximum Gasteiger partial charge on any atom is 0.146 e. The van der Waals surface area contributed by atoms with E-state index in [1.165, 1.54) is 0 Å². The lowest BCUT2D eigenvalue weighted by Crippen LogP contribution is -2.25. The van der Waals surface area contributed by atoms with Crippen molar-refractivity contribution in [3.05, 3.63) is 36.5 Å². The molecular formula is C14H15NO2. The Bertz CT molecular complexity index is 521. The van der Waals surface area contributed by atoms with Gasteiger partial charge in [0.1, 0.15) is 17.4 Å². The van der Waals surface area contributed by atoms with Crippen LogP contribution in [-0.2, 0) is 0 Å². The molecule has 1 N–H and O–H groups in total. The van der Waals surface area contributed by atoms with Crippen LogP contribution < -0.4 is 4.74 Å². The third-order valence-corrected chi connectivity index (χ3v) is 3.29. The van der Waals surface area contributed by atoms with Gasteiger partial charge in [-0.1, -0.05) is 18.2 Å². The number of hydrogen-bond donors (Lipinski definition) is 1. The highest BCUT2D eigenvalue weighted by atomic mass is 16.5. The largest absolute Gasteiger partial charge is 0.485 e. The van der Waals surface area contributed by atoms with Crippen LogP contribution in [0.2, 0.25) is 0 Å². The Kier molecular flexibility index (Phi) is 2.69. The van der Waals surface area contributed by atoms with Gasteiger partial charge in [0, 0.05) is 11.6 Å². The molecule has 1 aliphatic carbocycles. The zero-order valence-electron chi connectivity index (χ0n) is 9.54. The van der Waals surface area contributed by atoms with Crippen LogP contribution in [0.5, 0.6) is 5.75 Å². The van der Waals surface area contributed by atoms with E-state index in [0.717, 1.165) is 35.9 Å². The van der Waals surface area contributed by atoms with E-state index >= 15 is 0 Å². The second-order valence-corrected chi connectivity index (χ2v) is 4.49. The van der Waals surface area contributed by atoms with E-state index in [2.05, 4.69) is 4.98 Å². The van der Waals surface area contributed by atoms with Gasteiger partial charge in [0.2, 0.25) is 0 Å². The van der Waals surface area contributed by atoms with Gasteiger partial charge < -0.3 is 9.84 Å². The van der Waals surface area contributed by atoms with Crippen LogP contribution in [0.3, 0.4) is 0 Å². The third kappa shape index (κ3) is 1.98. The van der Waals surface area contributed by atoms with Crippen molar-refractivity contribution in [3.8, 4) is 5.75 Å². The first kappa shape index (κ1) is 10.5. The van der Waals surface area contributed by atoms with Crippen LogP contribution in [-0.4, -0.2) is 22.3 Å². The van der Waals surface area contributed by atoms with Crippen LogP contribution in [0.15, 0.2) is 36.5 Å². The first-order valence-electron chi connectivity index (χ1n) is 6.03. The SMILES string of the molecule is OC1CCCC1Oc1cccc2cccnc12. The van der Waals surface area contributed by atoms with E-state index in [1.54, 1.807) is 6.20 Å². The van der Waals surface area contributed by atoms with Crippen molar-refractivity contribution in [2.24, 2.45) is 0 Å². The molecule has 1 saturated carbocycles. The van der Waals surface area contributed by atoms with Crippen molar-refractivity contribution in [2.45, 2.75) is 31.5 Å². The molecule has 1 aromatic heterocycles. The van der Waals surface area contributed by atoms with E-state index in [-0.39, 0.29) is 12.2 Å². The molecule has 0 spiro atoms. The standard InChI is InChI=1S/C14H15NO2/c16-11-6-2-7-12(11)17-13-8-1-4-10-5-3-9-15-14(10)13/h1,3-5,8-9,11-12,16H,2,6-7H2. The number of fused-ring (bicyclic) bond motifs is 1. The molecule has 0 bridgehead atoms. The number of ether oxygens (including phenoxy) is 1. The quantitative estimate of drug-likeness (QED) is 0.860. The summed E-state index contributed by atoms with van der Waals surface area (Å²) in [6.45, 7) is 0. The lowest BCUT2D eigenvalue weighted by atomic mass is 10.2. The van der Waals surface area contributed by atoms with Crippen molar-refractivity contribution in [1.29, 1.82) is 0 Å². The number of benzene rings is 1. The monoisotopic (exact) mass is 229 g/mol. The summed E-state index contributed by atoms with van der Waals surface area (Å²) < 4.78 is 5.89. The normalized spacial score (nSPS) is 24.1. The first-order chi connectivity index (χ1) is 8.34. The highest BCUT2D eigenvalue weighted by molar-refractivity contribution is 5.84. The molecule has 1 heterocycles. The van der Waals surface area contributed by atoms with E-state index in [9.17, 15) is 5.11 Å². The fraction of sp³-hybridized carbons (Fsp3) is 0.357. The van der Waals surface area contributed by atoms with Crippen molar-refractivity contribution in [2.75, 3.05) is 0 Å². The highest BCUT2D eigenvalue weighted by Gasteiger charge is 2.27. The topological polar surface area (TPSA) is 42.4 Å². The molecule has 88 valence electrons. The minimum Gasteiger partial charge on any atom is -0.485 e. The number of hydrogen-bond acceptors (Lipinski definition) is 3. The van der Waals surface area contributed by atoms with Gasteiger partial charge in [-0.25, -0.2) is 0 Å². The number of aliphatic hydroxyl groups is 1. The molecule has 2 aromatic rings. The summed E-state index contributed by atoms with van der Waals surface area (Å²) in [4.78, 5) is 4.34. The molecule has 1 fully saturated rings. The molecule has 0 saturated heterocycles. The Morgan fingerprint density at radius 3 is 2.88 bits per heavy atom. The molecule has 1 aromatic carbocycles. The molecule has 3 heteroatoms. The van der Waals surface area contributed by atoms with Crippen LogP contribution in [0.4, 0.5) is 0 Å². The molecule has 2 atom stereocenters. The maximum absolute atomic E-state index is 9.78. The summed E-state index contributed by atoms with van der Waals surface area (Å²) >= 11 is 0. The zero-order valence-corrected chi connectivity index (χ0v) is 9.54. The minimum absolute atomic E-state index is 0.0809. The average molecular weight is 229 g/mol. The summed E-state index contributed by atoms with van der Waals surface area (Å²) in [6, 6.07) is 9.82. The van der Waals surface area contributed by atoms with E-state index in [4.69, 9.17) is 4.74 Å². The predicted molar refractivity (Wildman–Crippen MR) is 66.0 cm³/mol. The van der Waals surface area contributed by atoms with Crippen molar-refractivity contribution in [1.82, 2.24) is 4.98 Å². The first-order valence-corrected chi connectivity index (χ1v) is 6.03.